The van der Waals surface area contributed by atoms with Crippen molar-refractivity contribution < 1.29 is 24.5 Å². The van der Waals surface area contributed by atoms with Crippen molar-refractivity contribution in [3.63, 3.8) is 0 Å². The number of carbonyl (C=O) groups is 2. The summed E-state index contributed by atoms with van der Waals surface area (Å²) in [6, 6.07) is 8.08. The molecule has 0 unspecified atom stereocenters. The largest absolute Gasteiger partial charge is 0.491 e. The normalized spacial score (nSPS) is 17.5. The monoisotopic (exact) mass is 419 g/mol. The molecule has 1 aliphatic rings. The summed E-state index contributed by atoms with van der Waals surface area (Å²) in [4.78, 5) is 24.7. The van der Waals surface area contributed by atoms with Crippen molar-refractivity contribution in [2.75, 3.05) is 6.54 Å². The number of unbranched alkanes of at least 4 members (excludes halogenated alkanes) is 3. The van der Waals surface area contributed by atoms with Crippen molar-refractivity contribution in [3.8, 4) is 5.75 Å². The lowest BCUT2D eigenvalue weighted by molar-refractivity contribution is -0.137. The number of aliphatic hydroxyl groups excluding tert-OH is 1. The molecule has 1 aliphatic heterocycles. The van der Waals surface area contributed by atoms with Gasteiger partial charge in [0.05, 0.1) is 12.2 Å². The van der Waals surface area contributed by atoms with Crippen molar-refractivity contribution in [2.45, 2.75) is 96.3 Å². The van der Waals surface area contributed by atoms with Gasteiger partial charge in [0.15, 0.2) is 0 Å². The van der Waals surface area contributed by atoms with Gasteiger partial charge in [-0.15, -0.1) is 0 Å². The molecule has 2 atom stereocenters. The van der Waals surface area contributed by atoms with Gasteiger partial charge in [0.1, 0.15) is 5.75 Å². The summed E-state index contributed by atoms with van der Waals surface area (Å²) in [6.07, 6.45) is 6.86. The zero-order valence-corrected chi connectivity index (χ0v) is 18.4. The highest BCUT2D eigenvalue weighted by Gasteiger charge is 2.30. The molecule has 0 radical (unpaired) electrons. The van der Waals surface area contributed by atoms with E-state index in [9.17, 15) is 14.7 Å². The van der Waals surface area contributed by atoms with E-state index in [0.29, 0.717) is 25.7 Å². The van der Waals surface area contributed by atoms with Gasteiger partial charge in [0.25, 0.3) is 0 Å². The topological polar surface area (TPSA) is 87.1 Å². The maximum atomic E-state index is 12.2. The van der Waals surface area contributed by atoms with E-state index in [4.69, 9.17) is 9.84 Å². The Balaban J connectivity index is 1.72. The molecule has 1 heterocycles. The van der Waals surface area contributed by atoms with E-state index in [0.717, 1.165) is 50.0 Å². The third kappa shape index (κ3) is 8.74. The summed E-state index contributed by atoms with van der Waals surface area (Å²) in [6.45, 7) is 4.72. The minimum absolute atomic E-state index is 0.119. The molecule has 0 aliphatic carbocycles. The Bertz CT molecular complexity index is 675. The number of ether oxygens (including phenoxy) is 1. The molecule has 6 nitrogen and oxygen atoms in total. The van der Waals surface area contributed by atoms with Crippen LogP contribution in [0.1, 0.15) is 77.2 Å². The molecule has 0 spiro atoms. The highest BCUT2D eigenvalue weighted by Crippen LogP contribution is 2.25. The number of hydrogen-bond donors (Lipinski definition) is 2. The van der Waals surface area contributed by atoms with E-state index in [1.807, 2.05) is 43.0 Å². The second-order valence-corrected chi connectivity index (χ2v) is 8.59. The lowest BCUT2D eigenvalue weighted by atomic mass is 10.00. The Kier molecular flexibility index (Phi) is 10.1. The van der Waals surface area contributed by atoms with Crippen LogP contribution in [0.2, 0.25) is 0 Å². The van der Waals surface area contributed by atoms with Crippen LogP contribution in [-0.4, -0.2) is 51.8 Å². The molecular formula is C24H37NO5. The molecule has 1 aromatic carbocycles. The zero-order chi connectivity index (χ0) is 21.9. The number of aliphatic hydroxyl groups is 1. The maximum absolute atomic E-state index is 12.2. The molecule has 168 valence electrons. The predicted molar refractivity (Wildman–Crippen MR) is 117 cm³/mol. The number of carboxylic acid groups (broad SMARTS) is 1. The number of benzene rings is 1. The van der Waals surface area contributed by atoms with Crippen LogP contribution < -0.4 is 4.74 Å². The van der Waals surface area contributed by atoms with Gasteiger partial charge >= 0.3 is 5.97 Å². The lowest BCUT2D eigenvalue weighted by Gasteiger charge is -2.26. The Morgan fingerprint density at radius 3 is 2.73 bits per heavy atom. The van der Waals surface area contributed by atoms with Crippen molar-refractivity contribution in [3.05, 3.63) is 29.8 Å². The Labute approximate surface area is 180 Å². The SMILES string of the molecule is CC(C)Oc1cccc(C[C@H](O)CC[C@H]2CCC(=O)N2CCCCCCC(=O)O)c1. The van der Waals surface area contributed by atoms with E-state index in [1.165, 1.54) is 0 Å². The lowest BCUT2D eigenvalue weighted by Crippen LogP contribution is -2.34. The fraction of sp³-hybridized carbons (Fsp3) is 0.667. The van der Waals surface area contributed by atoms with Crippen LogP contribution in [-0.2, 0) is 16.0 Å². The summed E-state index contributed by atoms with van der Waals surface area (Å²) < 4.78 is 5.72. The Hall–Kier alpha value is -2.08. The number of carbonyl (C=O) groups excluding carboxylic acids is 1. The number of hydrogen-bond acceptors (Lipinski definition) is 4. The molecule has 2 rings (SSSR count). The molecule has 1 amide bonds. The smallest absolute Gasteiger partial charge is 0.303 e. The molecule has 2 N–H and O–H groups in total. The highest BCUT2D eigenvalue weighted by molar-refractivity contribution is 5.78. The molecule has 1 aromatic rings. The molecule has 0 saturated carbocycles. The Morgan fingerprint density at radius 2 is 2.00 bits per heavy atom. The second-order valence-electron chi connectivity index (χ2n) is 8.59. The number of likely N-dealkylation sites (tertiary alicyclic amines) is 1. The van der Waals surface area contributed by atoms with E-state index < -0.39 is 12.1 Å². The summed E-state index contributed by atoms with van der Waals surface area (Å²) in [5, 5.41) is 19.2. The molecule has 0 bridgehead atoms. The van der Waals surface area contributed by atoms with Crippen molar-refractivity contribution in [1.29, 1.82) is 0 Å². The third-order valence-electron chi connectivity index (χ3n) is 5.57. The first-order chi connectivity index (χ1) is 14.3. The van der Waals surface area contributed by atoms with Crippen LogP contribution in [0, 0.1) is 0 Å². The highest BCUT2D eigenvalue weighted by atomic mass is 16.5. The first-order valence-electron chi connectivity index (χ1n) is 11.3. The van der Waals surface area contributed by atoms with Gasteiger partial charge in [0, 0.05) is 25.4 Å². The van der Waals surface area contributed by atoms with Crippen LogP contribution in [0.25, 0.3) is 0 Å². The number of carboxylic acids is 1. The van der Waals surface area contributed by atoms with Crippen LogP contribution in [0.15, 0.2) is 24.3 Å². The quantitative estimate of drug-likeness (QED) is 0.442. The Morgan fingerprint density at radius 1 is 1.23 bits per heavy atom. The first-order valence-corrected chi connectivity index (χ1v) is 11.3. The summed E-state index contributed by atoms with van der Waals surface area (Å²) in [5.74, 6) is 0.284. The predicted octanol–water partition coefficient (Wildman–Crippen LogP) is 4.18. The van der Waals surface area contributed by atoms with Crippen LogP contribution in [0.5, 0.6) is 5.75 Å². The zero-order valence-electron chi connectivity index (χ0n) is 18.4. The number of nitrogens with zero attached hydrogens (tertiary/aromatic N) is 1. The molecule has 1 fully saturated rings. The first kappa shape index (κ1) is 24.2. The van der Waals surface area contributed by atoms with Crippen molar-refractivity contribution in [2.24, 2.45) is 0 Å². The van der Waals surface area contributed by atoms with Gasteiger partial charge in [-0.2, -0.15) is 0 Å². The average molecular weight is 420 g/mol. The average Bonchev–Trinajstić information content (AvgIpc) is 3.02. The summed E-state index contributed by atoms with van der Waals surface area (Å²) >= 11 is 0. The molecular weight excluding hydrogens is 382 g/mol. The minimum Gasteiger partial charge on any atom is -0.491 e. The molecule has 30 heavy (non-hydrogen) atoms. The van der Waals surface area contributed by atoms with Gasteiger partial charge in [-0.1, -0.05) is 25.0 Å². The fourth-order valence-corrected chi connectivity index (χ4v) is 4.09. The van der Waals surface area contributed by atoms with Crippen LogP contribution >= 0.6 is 0 Å². The minimum atomic E-state index is -0.748. The summed E-state index contributed by atoms with van der Waals surface area (Å²) in [5.41, 5.74) is 1.06. The van der Waals surface area contributed by atoms with Crippen LogP contribution in [0.3, 0.4) is 0 Å². The third-order valence-corrected chi connectivity index (χ3v) is 5.57. The van der Waals surface area contributed by atoms with E-state index in [-0.39, 0.29) is 24.5 Å². The van der Waals surface area contributed by atoms with E-state index in [1.54, 1.807) is 0 Å². The van der Waals surface area contributed by atoms with Gasteiger partial charge in [-0.3, -0.25) is 9.59 Å². The van der Waals surface area contributed by atoms with Gasteiger partial charge < -0.3 is 19.8 Å². The molecule has 6 heteroatoms. The maximum Gasteiger partial charge on any atom is 0.303 e. The standard InChI is InChI=1S/C24H37NO5/c1-18(2)30-22-9-7-8-19(17-22)16-21(26)13-11-20-12-14-23(27)25(20)15-6-4-3-5-10-24(28)29/h7-9,17-18,20-21,26H,3-6,10-16H2,1-2H3,(H,28,29)/t20-,21+/m0/s1. The van der Waals surface area contributed by atoms with Gasteiger partial charge in [0.2, 0.25) is 5.91 Å². The second kappa shape index (κ2) is 12.6. The van der Waals surface area contributed by atoms with Crippen molar-refractivity contribution in [1.82, 2.24) is 4.90 Å². The summed E-state index contributed by atoms with van der Waals surface area (Å²) in [7, 11) is 0. The van der Waals surface area contributed by atoms with E-state index >= 15 is 0 Å². The number of amides is 1. The van der Waals surface area contributed by atoms with Gasteiger partial charge in [-0.05, 0) is 70.1 Å². The number of rotatable bonds is 14. The van der Waals surface area contributed by atoms with Crippen LogP contribution in [0.4, 0.5) is 0 Å². The molecule has 1 saturated heterocycles. The fourth-order valence-electron chi connectivity index (χ4n) is 4.09. The van der Waals surface area contributed by atoms with E-state index in [2.05, 4.69) is 0 Å². The van der Waals surface area contributed by atoms with Crippen molar-refractivity contribution >= 4 is 11.9 Å². The van der Waals surface area contributed by atoms with Gasteiger partial charge in [-0.25, -0.2) is 0 Å². The molecule has 0 aromatic heterocycles. The number of aliphatic carboxylic acids is 1.